The lowest BCUT2D eigenvalue weighted by molar-refractivity contribution is 0.0567. The van der Waals surface area contributed by atoms with Crippen molar-refractivity contribution in [1.29, 1.82) is 0 Å². The predicted molar refractivity (Wildman–Crippen MR) is 91.5 cm³/mol. The molecule has 6 nitrogen and oxygen atoms in total. The van der Waals surface area contributed by atoms with Gasteiger partial charge < -0.3 is 9.47 Å². The number of carbonyl (C=O) groups excluding carboxylic acids is 1. The fraction of sp³-hybridized carbons (Fsp3) is 0.353. The molecule has 1 aromatic heterocycles. The molecule has 0 bridgehead atoms. The van der Waals surface area contributed by atoms with Gasteiger partial charge in [0.05, 0.1) is 18.4 Å². The van der Waals surface area contributed by atoms with Gasteiger partial charge in [-0.15, -0.1) is 0 Å². The SMILES string of the molecule is CC(C)(C)OC(=O)N1CCOc2c(F)cc(-c3nc(Cl)ncc3F)cc21. The summed E-state index contributed by atoms with van der Waals surface area (Å²) in [6, 6.07) is 2.47. The normalized spacial score (nSPS) is 13.8. The third-order valence-electron chi connectivity index (χ3n) is 3.48. The minimum Gasteiger partial charge on any atom is -0.486 e. The van der Waals surface area contributed by atoms with Crippen molar-refractivity contribution in [3.05, 3.63) is 35.2 Å². The van der Waals surface area contributed by atoms with Crippen LogP contribution < -0.4 is 9.64 Å². The summed E-state index contributed by atoms with van der Waals surface area (Å²) in [4.78, 5) is 21.0. The van der Waals surface area contributed by atoms with Gasteiger partial charge in [-0.2, -0.15) is 0 Å². The molecule has 26 heavy (non-hydrogen) atoms. The molecule has 2 aromatic rings. The standard InChI is InChI=1S/C17H16ClF2N3O3/c1-17(2,3)26-16(24)23-4-5-25-14-10(19)6-9(7-12(14)23)13-11(20)8-21-15(18)22-13/h6-8H,4-5H2,1-3H3. The highest BCUT2D eigenvalue weighted by Crippen LogP contribution is 2.39. The maximum atomic E-state index is 14.5. The van der Waals surface area contributed by atoms with Crippen LogP contribution in [0.25, 0.3) is 11.3 Å². The van der Waals surface area contributed by atoms with Crippen molar-refractivity contribution in [2.24, 2.45) is 0 Å². The van der Waals surface area contributed by atoms with Crippen molar-refractivity contribution in [2.75, 3.05) is 18.1 Å². The number of rotatable bonds is 1. The number of anilines is 1. The zero-order chi connectivity index (χ0) is 19.1. The van der Waals surface area contributed by atoms with E-state index in [9.17, 15) is 13.6 Å². The number of hydrogen-bond acceptors (Lipinski definition) is 5. The van der Waals surface area contributed by atoms with Gasteiger partial charge in [0.25, 0.3) is 0 Å². The molecule has 1 aliphatic heterocycles. The van der Waals surface area contributed by atoms with E-state index in [1.807, 2.05) is 0 Å². The Morgan fingerprint density at radius 3 is 2.73 bits per heavy atom. The fourth-order valence-corrected chi connectivity index (χ4v) is 2.61. The van der Waals surface area contributed by atoms with Crippen LogP contribution >= 0.6 is 11.6 Å². The molecular weight excluding hydrogens is 368 g/mol. The lowest BCUT2D eigenvalue weighted by Crippen LogP contribution is -2.41. The first-order valence-corrected chi connectivity index (χ1v) is 8.19. The third kappa shape index (κ3) is 3.70. The maximum Gasteiger partial charge on any atom is 0.415 e. The van der Waals surface area contributed by atoms with Crippen molar-refractivity contribution in [3.63, 3.8) is 0 Å². The maximum absolute atomic E-state index is 14.5. The quantitative estimate of drug-likeness (QED) is 0.690. The predicted octanol–water partition coefficient (Wildman–Crippen LogP) is 4.21. The summed E-state index contributed by atoms with van der Waals surface area (Å²) >= 11 is 5.71. The fourth-order valence-electron chi connectivity index (χ4n) is 2.47. The van der Waals surface area contributed by atoms with Crippen molar-refractivity contribution in [2.45, 2.75) is 26.4 Å². The third-order valence-corrected chi connectivity index (χ3v) is 3.66. The van der Waals surface area contributed by atoms with Crippen LogP contribution in [0.3, 0.4) is 0 Å². The number of carbonyl (C=O) groups is 1. The van der Waals surface area contributed by atoms with E-state index in [2.05, 4.69) is 9.97 Å². The molecule has 0 radical (unpaired) electrons. The van der Waals surface area contributed by atoms with Crippen LogP contribution in [0.4, 0.5) is 19.3 Å². The van der Waals surface area contributed by atoms with E-state index < -0.39 is 23.3 Å². The highest BCUT2D eigenvalue weighted by Gasteiger charge is 2.31. The minimum atomic E-state index is -0.769. The lowest BCUT2D eigenvalue weighted by Gasteiger charge is -2.32. The number of halogens is 3. The first kappa shape index (κ1) is 18.3. The van der Waals surface area contributed by atoms with Gasteiger partial charge in [-0.25, -0.2) is 23.5 Å². The van der Waals surface area contributed by atoms with Crippen LogP contribution in [0.5, 0.6) is 5.75 Å². The first-order chi connectivity index (χ1) is 12.2. The molecule has 0 fully saturated rings. The van der Waals surface area contributed by atoms with E-state index in [-0.39, 0.29) is 41.1 Å². The number of aromatic nitrogens is 2. The Bertz CT molecular complexity index is 871. The molecule has 0 saturated carbocycles. The van der Waals surface area contributed by atoms with Gasteiger partial charge in [0.15, 0.2) is 17.4 Å². The van der Waals surface area contributed by atoms with Gasteiger partial charge in [0.1, 0.15) is 17.9 Å². The Kier molecular flexibility index (Phi) is 4.70. The number of hydrogen-bond donors (Lipinski definition) is 0. The van der Waals surface area contributed by atoms with Gasteiger partial charge in [-0.3, -0.25) is 4.90 Å². The number of nitrogens with zero attached hydrogens (tertiary/aromatic N) is 3. The molecule has 0 saturated heterocycles. The second-order valence-corrected chi connectivity index (χ2v) is 6.96. The average molecular weight is 384 g/mol. The second-order valence-electron chi connectivity index (χ2n) is 6.62. The second kappa shape index (κ2) is 6.68. The zero-order valence-corrected chi connectivity index (χ0v) is 15.1. The Hall–Kier alpha value is -2.48. The smallest absolute Gasteiger partial charge is 0.415 e. The monoisotopic (exact) mass is 383 g/mol. The largest absolute Gasteiger partial charge is 0.486 e. The molecule has 138 valence electrons. The molecule has 0 unspecified atom stereocenters. The molecule has 1 aliphatic rings. The zero-order valence-electron chi connectivity index (χ0n) is 14.3. The van der Waals surface area contributed by atoms with Gasteiger partial charge in [-0.1, -0.05) is 0 Å². The highest BCUT2D eigenvalue weighted by atomic mass is 35.5. The van der Waals surface area contributed by atoms with Gasteiger partial charge in [0, 0.05) is 5.56 Å². The molecule has 9 heteroatoms. The van der Waals surface area contributed by atoms with Crippen molar-refractivity contribution in [1.82, 2.24) is 9.97 Å². The molecule has 1 aromatic carbocycles. The lowest BCUT2D eigenvalue weighted by atomic mass is 10.1. The number of fused-ring (bicyclic) bond motifs is 1. The van der Waals surface area contributed by atoms with Crippen LogP contribution in [-0.4, -0.2) is 34.8 Å². The van der Waals surface area contributed by atoms with E-state index in [0.29, 0.717) is 0 Å². The Balaban J connectivity index is 2.08. The number of amides is 1. The molecule has 0 aliphatic carbocycles. The Morgan fingerprint density at radius 1 is 1.31 bits per heavy atom. The topological polar surface area (TPSA) is 64.5 Å². The Labute approximate surface area is 153 Å². The summed E-state index contributed by atoms with van der Waals surface area (Å²) < 4.78 is 39.3. The minimum absolute atomic E-state index is 0.0992. The number of benzene rings is 1. The summed E-state index contributed by atoms with van der Waals surface area (Å²) in [7, 11) is 0. The van der Waals surface area contributed by atoms with Crippen molar-refractivity contribution in [3.8, 4) is 17.0 Å². The van der Waals surface area contributed by atoms with Gasteiger partial charge in [-0.05, 0) is 44.5 Å². The molecule has 1 amide bonds. The van der Waals surface area contributed by atoms with E-state index in [0.717, 1.165) is 12.3 Å². The summed E-state index contributed by atoms with van der Waals surface area (Å²) in [5, 5.41) is -0.181. The van der Waals surface area contributed by atoms with E-state index in [4.69, 9.17) is 21.1 Å². The van der Waals surface area contributed by atoms with Crippen LogP contribution in [0, 0.1) is 11.6 Å². The number of ether oxygens (including phenoxy) is 2. The summed E-state index contributed by atoms with van der Waals surface area (Å²) in [6.45, 7) is 5.44. The van der Waals surface area contributed by atoms with Crippen LogP contribution in [0.15, 0.2) is 18.3 Å². The van der Waals surface area contributed by atoms with E-state index >= 15 is 0 Å². The van der Waals surface area contributed by atoms with Crippen LogP contribution in [-0.2, 0) is 4.74 Å². The molecule has 0 N–H and O–H groups in total. The summed E-state index contributed by atoms with van der Waals surface area (Å²) in [5.41, 5.74) is -0.670. The highest BCUT2D eigenvalue weighted by molar-refractivity contribution is 6.28. The van der Waals surface area contributed by atoms with Crippen LogP contribution in [0.2, 0.25) is 5.28 Å². The van der Waals surface area contributed by atoms with Crippen molar-refractivity contribution >= 4 is 23.4 Å². The Morgan fingerprint density at radius 2 is 2.04 bits per heavy atom. The average Bonchev–Trinajstić information content (AvgIpc) is 2.55. The molecular formula is C17H16ClF2N3O3. The molecule has 0 atom stereocenters. The molecule has 2 heterocycles. The van der Waals surface area contributed by atoms with Crippen molar-refractivity contribution < 1.29 is 23.0 Å². The van der Waals surface area contributed by atoms with Gasteiger partial charge in [0.2, 0.25) is 5.28 Å². The first-order valence-electron chi connectivity index (χ1n) is 7.81. The molecule has 0 spiro atoms. The molecule has 3 rings (SSSR count). The van der Waals surface area contributed by atoms with Crippen LogP contribution in [0.1, 0.15) is 20.8 Å². The van der Waals surface area contributed by atoms with E-state index in [1.54, 1.807) is 20.8 Å². The summed E-state index contributed by atoms with van der Waals surface area (Å²) in [6.07, 6.45) is 0.240. The van der Waals surface area contributed by atoms with E-state index in [1.165, 1.54) is 11.0 Å². The summed E-state index contributed by atoms with van der Waals surface area (Å²) in [5.74, 6) is -1.62. The van der Waals surface area contributed by atoms with Gasteiger partial charge >= 0.3 is 6.09 Å².